The molecular formula is C17H15BrN2O3. The van der Waals surface area contributed by atoms with Crippen molar-refractivity contribution in [1.29, 1.82) is 0 Å². The Balaban J connectivity index is 1.99. The lowest BCUT2D eigenvalue weighted by atomic mass is 9.99. The lowest BCUT2D eigenvalue weighted by Gasteiger charge is -2.29. The first-order chi connectivity index (χ1) is 11.0. The van der Waals surface area contributed by atoms with Crippen molar-refractivity contribution in [3.63, 3.8) is 0 Å². The van der Waals surface area contributed by atoms with Crippen LogP contribution in [0.4, 0.5) is 11.4 Å². The van der Waals surface area contributed by atoms with Gasteiger partial charge in [0.2, 0.25) is 0 Å². The first kappa shape index (κ1) is 15.7. The van der Waals surface area contributed by atoms with Crippen LogP contribution in [-0.4, -0.2) is 17.4 Å². The van der Waals surface area contributed by atoms with Gasteiger partial charge < -0.3 is 4.90 Å². The van der Waals surface area contributed by atoms with Crippen molar-refractivity contribution >= 4 is 33.2 Å². The predicted molar refractivity (Wildman–Crippen MR) is 92.0 cm³/mol. The number of benzene rings is 2. The smallest absolute Gasteiger partial charge is 0.284 e. The first-order valence-corrected chi connectivity index (χ1v) is 8.12. The second-order valence-corrected chi connectivity index (χ2v) is 6.47. The molecule has 0 fully saturated rings. The molecule has 1 heterocycles. The molecule has 2 aromatic rings. The van der Waals surface area contributed by atoms with Crippen molar-refractivity contribution in [2.24, 2.45) is 0 Å². The lowest BCUT2D eigenvalue weighted by Crippen LogP contribution is -2.35. The van der Waals surface area contributed by atoms with Gasteiger partial charge in [-0.1, -0.05) is 17.7 Å². The summed E-state index contributed by atoms with van der Waals surface area (Å²) in [5, 5.41) is 11.1. The summed E-state index contributed by atoms with van der Waals surface area (Å²) in [6, 6.07) is 10.5. The minimum absolute atomic E-state index is 0.100. The van der Waals surface area contributed by atoms with Crippen molar-refractivity contribution in [2.75, 3.05) is 11.4 Å². The van der Waals surface area contributed by atoms with Crippen LogP contribution in [0, 0.1) is 17.0 Å². The molecule has 2 aromatic carbocycles. The van der Waals surface area contributed by atoms with E-state index < -0.39 is 4.92 Å². The van der Waals surface area contributed by atoms with E-state index in [2.05, 4.69) is 22.0 Å². The van der Waals surface area contributed by atoms with E-state index in [4.69, 9.17) is 0 Å². The van der Waals surface area contributed by atoms with Crippen LogP contribution in [0.15, 0.2) is 40.9 Å². The molecule has 0 radical (unpaired) electrons. The summed E-state index contributed by atoms with van der Waals surface area (Å²) in [6.07, 6.45) is 1.84. The molecule has 3 rings (SSSR count). The van der Waals surface area contributed by atoms with Crippen LogP contribution in [0.2, 0.25) is 0 Å². The second kappa shape index (κ2) is 6.12. The van der Waals surface area contributed by atoms with Gasteiger partial charge in [0.15, 0.2) is 0 Å². The van der Waals surface area contributed by atoms with Crippen molar-refractivity contribution in [2.45, 2.75) is 19.8 Å². The van der Waals surface area contributed by atoms with E-state index in [1.165, 1.54) is 6.07 Å². The minimum Gasteiger partial charge on any atom is -0.308 e. The van der Waals surface area contributed by atoms with Crippen LogP contribution in [0.3, 0.4) is 0 Å². The minimum atomic E-state index is -0.492. The lowest BCUT2D eigenvalue weighted by molar-refractivity contribution is -0.385. The quantitative estimate of drug-likeness (QED) is 0.582. The van der Waals surface area contributed by atoms with Gasteiger partial charge in [-0.15, -0.1) is 0 Å². The molecule has 0 saturated carbocycles. The Morgan fingerprint density at radius 1 is 1.26 bits per heavy atom. The van der Waals surface area contributed by atoms with Crippen LogP contribution in [0.1, 0.15) is 27.9 Å². The third-order valence-corrected chi connectivity index (χ3v) is 4.66. The molecular weight excluding hydrogens is 360 g/mol. The van der Waals surface area contributed by atoms with Gasteiger partial charge in [0, 0.05) is 23.9 Å². The largest absolute Gasteiger partial charge is 0.308 e. The van der Waals surface area contributed by atoms with Crippen molar-refractivity contribution in [3.8, 4) is 0 Å². The van der Waals surface area contributed by atoms with Crippen LogP contribution >= 0.6 is 15.9 Å². The summed E-state index contributed by atoms with van der Waals surface area (Å²) in [5.41, 5.74) is 3.44. The summed E-state index contributed by atoms with van der Waals surface area (Å²) in [7, 11) is 0. The Bertz CT molecular complexity index is 804. The zero-order valence-electron chi connectivity index (χ0n) is 12.6. The number of nitro benzene ring substituents is 1. The molecule has 5 nitrogen and oxygen atoms in total. The molecule has 0 saturated heterocycles. The van der Waals surface area contributed by atoms with Crippen LogP contribution in [0.5, 0.6) is 0 Å². The maximum atomic E-state index is 12.8. The molecule has 0 aliphatic carbocycles. The Labute approximate surface area is 142 Å². The monoisotopic (exact) mass is 374 g/mol. The number of carbonyl (C=O) groups excluding carboxylic acids is 1. The molecule has 0 spiro atoms. The van der Waals surface area contributed by atoms with Gasteiger partial charge in [-0.05, 0) is 59.5 Å². The Morgan fingerprint density at radius 2 is 2.04 bits per heavy atom. The van der Waals surface area contributed by atoms with Crippen molar-refractivity contribution < 1.29 is 9.72 Å². The normalized spacial score (nSPS) is 13.6. The van der Waals surface area contributed by atoms with E-state index in [0.717, 1.165) is 29.7 Å². The van der Waals surface area contributed by atoms with Gasteiger partial charge in [0.25, 0.3) is 11.6 Å². The highest BCUT2D eigenvalue weighted by molar-refractivity contribution is 9.10. The third-order valence-electron chi connectivity index (χ3n) is 3.99. The van der Waals surface area contributed by atoms with E-state index in [-0.39, 0.29) is 11.6 Å². The summed E-state index contributed by atoms with van der Waals surface area (Å²) in [4.78, 5) is 25.1. The van der Waals surface area contributed by atoms with Crippen LogP contribution < -0.4 is 4.90 Å². The molecule has 1 amide bonds. The van der Waals surface area contributed by atoms with Gasteiger partial charge in [-0.25, -0.2) is 0 Å². The Hall–Kier alpha value is -2.21. The number of halogens is 1. The summed E-state index contributed by atoms with van der Waals surface area (Å²) >= 11 is 3.14. The van der Waals surface area contributed by atoms with Gasteiger partial charge in [-0.3, -0.25) is 14.9 Å². The van der Waals surface area contributed by atoms with E-state index in [0.29, 0.717) is 16.6 Å². The van der Waals surface area contributed by atoms with E-state index in [1.54, 1.807) is 17.0 Å². The van der Waals surface area contributed by atoms with Crippen molar-refractivity contribution in [1.82, 2.24) is 0 Å². The average molecular weight is 375 g/mol. The number of fused-ring (bicyclic) bond motifs is 1. The second-order valence-electron chi connectivity index (χ2n) is 5.62. The molecule has 118 valence electrons. The number of nitrogens with zero attached hydrogens (tertiary/aromatic N) is 2. The highest BCUT2D eigenvalue weighted by Gasteiger charge is 2.25. The third kappa shape index (κ3) is 2.99. The fourth-order valence-corrected chi connectivity index (χ4v) is 3.27. The van der Waals surface area contributed by atoms with Gasteiger partial charge in [0.05, 0.1) is 9.40 Å². The molecule has 1 aliphatic heterocycles. The zero-order chi connectivity index (χ0) is 16.6. The van der Waals surface area contributed by atoms with Gasteiger partial charge >= 0.3 is 0 Å². The molecule has 23 heavy (non-hydrogen) atoms. The Morgan fingerprint density at radius 3 is 2.78 bits per heavy atom. The fourth-order valence-electron chi connectivity index (χ4n) is 2.88. The zero-order valence-corrected chi connectivity index (χ0v) is 14.2. The first-order valence-electron chi connectivity index (χ1n) is 7.32. The summed E-state index contributed by atoms with van der Waals surface area (Å²) in [5.74, 6) is -0.203. The maximum Gasteiger partial charge on any atom is 0.284 e. The number of amides is 1. The van der Waals surface area contributed by atoms with E-state index in [1.807, 2.05) is 19.1 Å². The molecule has 6 heteroatoms. The standard InChI is InChI=1S/C17H15BrN2O3/c1-11-4-7-15-12(9-11)3-2-8-19(15)17(21)13-5-6-14(18)16(10-13)20(22)23/h4-7,9-10H,2-3,8H2,1H3. The fraction of sp³-hybridized carbons (Fsp3) is 0.235. The van der Waals surface area contributed by atoms with Crippen molar-refractivity contribution in [3.05, 3.63) is 67.7 Å². The summed E-state index contributed by atoms with van der Waals surface area (Å²) < 4.78 is 0.369. The van der Waals surface area contributed by atoms with Gasteiger partial charge in [0.1, 0.15) is 0 Å². The highest BCUT2D eigenvalue weighted by atomic mass is 79.9. The van der Waals surface area contributed by atoms with Crippen LogP contribution in [0.25, 0.3) is 0 Å². The number of aryl methyl sites for hydroxylation is 2. The molecule has 0 bridgehead atoms. The SMILES string of the molecule is Cc1ccc2c(c1)CCCN2C(=O)c1ccc(Br)c([N+](=O)[O-])c1. The number of nitro groups is 1. The Kier molecular flexibility index (Phi) is 4.17. The predicted octanol–water partition coefficient (Wildman–Crippen LogP) is 4.26. The molecule has 0 atom stereocenters. The number of anilines is 1. The topological polar surface area (TPSA) is 63.5 Å². The maximum absolute atomic E-state index is 12.8. The number of rotatable bonds is 2. The molecule has 0 N–H and O–H groups in total. The molecule has 1 aliphatic rings. The highest BCUT2D eigenvalue weighted by Crippen LogP contribution is 2.31. The average Bonchev–Trinajstić information content (AvgIpc) is 2.53. The van der Waals surface area contributed by atoms with Gasteiger partial charge in [-0.2, -0.15) is 0 Å². The number of hydrogen-bond donors (Lipinski definition) is 0. The van der Waals surface area contributed by atoms with E-state index in [9.17, 15) is 14.9 Å². The summed E-state index contributed by atoms with van der Waals surface area (Å²) in [6.45, 7) is 2.65. The van der Waals surface area contributed by atoms with E-state index >= 15 is 0 Å². The number of carbonyl (C=O) groups is 1. The number of hydrogen-bond acceptors (Lipinski definition) is 3. The molecule has 0 unspecified atom stereocenters. The van der Waals surface area contributed by atoms with Crippen LogP contribution in [-0.2, 0) is 6.42 Å². The molecule has 0 aromatic heterocycles.